The highest BCUT2D eigenvalue weighted by molar-refractivity contribution is 6.46. The molecule has 1 N–H and O–H groups in total. The molecule has 0 bridgehead atoms. The molecule has 1 heterocycles. The number of halogens is 2. The van der Waals surface area contributed by atoms with Crippen molar-refractivity contribution in [1.82, 2.24) is 0 Å². The predicted octanol–water partition coefficient (Wildman–Crippen LogP) is 4.59. The minimum absolute atomic E-state index is 0.0896. The van der Waals surface area contributed by atoms with Crippen molar-refractivity contribution < 1.29 is 28.0 Å². The quantitative estimate of drug-likeness (QED) is 0.325. The summed E-state index contributed by atoms with van der Waals surface area (Å²) >= 11 is 0. The first kappa shape index (κ1) is 22.6. The SMILES string of the molecule is COc1ccc(C)cc1NC1=C(c2ccc([N+](=O)[O-])cc2)C(=O)N(c2ccc(F)c(F)c2)C1=O. The highest BCUT2D eigenvalue weighted by Gasteiger charge is 2.41. The van der Waals surface area contributed by atoms with E-state index in [0.29, 0.717) is 16.3 Å². The van der Waals surface area contributed by atoms with Crippen molar-refractivity contribution in [1.29, 1.82) is 0 Å². The molecule has 4 rings (SSSR count). The van der Waals surface area contributed by atoms with Gasteiger partial charge < -0.3 is 10.1 Å². The topological polar surface area (TPSA) is 102 Å². The molecule has 0 saturated carbocycles. The Balaban J connectivity index is 1.86. The fraction of sp³-hybridized carbons (Fsp3) is 0.0833. The molecule has 3 aromatic rings. The van der Waals surface area contributed by atoms with E-state index in [9.17, 15) is 28.5 Å². The molecule has 10 heteroatoms. The van der Waals surface area contributed by atoms with Gasteiger partial charge in [-0.05, 0) is 54.4 Å². The van der Waals surface area contributed by atoms with Crippen LogP contribution in [0.1, 0.15) is 11.1 Å². The van der Waals surface area contributed by atoms with Crippen LogP contribution in [0.2, 0.25) is 0 Å². The van der Waals surface area contributed by atoms with E-state index in [2.05, 4.69) is 5.32 Å². The van der Waals surface area contributed by atoms with Gasteiger partial charge in [-0.15, -0.1) is 0 Å². The van der Waals surface area contributed by atoms with Crippen LogP contribution in [0, 0.1) is 28.7 Å². The number of non-ortho nitro benzene ring substituents is 1. The van der Waals surface area contributed by atoms with E-state index in [1.165, 1.54) is 31.4 Å². The van der Waals surface area contributed by atoms with Crippen LogP contribution in [-0.2, 0) is 9.59 Å². The number of methoxy groups -OCH3 is 1. The maximum Gasteiger partial charge on any atom is 0.282 e. The number of rotatable bonds is 6. The fourth-order valence-electron chi connectivity index (χ4n) is 3.58. The number of hydrogen-bond acceptors (Lipinski definition) is 6. The van der Waals surface area contributed by atoms with Gasteiger partial charge in [0.25, 0.3) is 17.5 Å². The predicted molar refractivity (Wildman–Crippen MR) is 120 cm³/mol. The molecule has 0 aliphatic carbocycles. The minimum Gasteiger partial charge on any atom is -0.495 e. The molecule has 0 unspecified atom stereocenters. The Morgan fingerprint density at radius 1 is 0.941 bits per heavy atom. The van der Waals surface area contributed by atoms with E-state index in [1.807, 2.05) is 6.92 Å². The zero-order chi connectivity index (χ0) is 24.6. The zero-order valence-corrected chi connectivity index (χ0v) is 18.0. The normalized spacial score (nSPS) is 13.5. The number of benzene rings is 3. The van der Waals surface area contributed by atoms with Gasteiger partial charge in [-0.1, -0.05) is 6.07 Å². The lowest BCUT2D eigenvalue weighted by molar-refractivity contribution is -0.384. The summed E-state index contributed by atoms with van der Waals surface area (Å²) in [5.41, 5.74) is 0.860. The van der Waals surface area contributed by atoms with Gasteiger partial charge in [-0.25, -0.2) is 13.7 Å². The van der Waals surface area contributed by atoms with Crippen molar-refractivity contribution in [3.63, 3.8) is 0 Å². The molecule has 1 aliphatic heterocycles. The Morgan fingerprint density at radius 3 is 2.26 bits per heavy atom. The lowest BCUT2D eigenvalue weighted by atomic mass is 10.0. The molecule has 2 amide bonds. The van der Waals surface area contributed by atoms with Gasteiger partial charge in [0, 0.05) is 18.2 Å². The van der Waals surface area contributed by atoms with Crippen LogP contribution in [0.25, 0.3) is 5.57 Å². The van der Waals surface area contributed by atoms with Crippen LogP contribution in [0.3, 0.4) is 0 Å². The number of imide groups is 1. The molecule has 0 atom stereocenters. The second-order valence-corrected chi connectivity index (χ2v) is 7.43. The highest BCUT2D eigenvalue weighted by atomic mass is 19.2. The van der Waals surface area contributed by atoms with E-state index in [1.54, 1.807) is 18.2 Å². The second-order valence-electron chi connectivity index (χ2n) is 7.43. The molecule has 172 valence electrons. The number of carbonyl (C=O) groups excluding carboxylic acids is 2. The van der Waals surface area contributed by atoms with Crippen molar-refractivity contribution in [2.24, 2.45) is 0 Å². The molecule has 0 radical (unpaired) electrons. The number of nitrogens with one attached hydrogen (secondary N) is 1. The Labute approximate surface area is 192 Å². The standard InChI is InChI=1S/C24H17F2N3O5/c1-13-3-10-20(34-2)19(11-13)27-22-21(14-4-6-15(7-5-14)29(32)33)23(30)28(24(22)31)16-8-9-17(25)18(26)12-16/h3-12,27H,1-2H3. The minimum atomic E-state index is -1.23. The lowest BCUT2D eigenvalue weighted by Crippen LogP contribution is -2.32. The summed E-state index contributed by atoms with van der Waals surface area (Å²) in [5.74, 6) is -3.58. The van der Waals surface area contributed by atoms with E-state index in [4.69, 9.17) is 4.74 Å². The third kappa shape index (κ3) is 3.96. The zero-order valence-electron chi connectivity index (χ0n) is 18.0. The molecule has 0 saturated heterocycles. The molecule has 3 aromatic carbocycles. The van der Waals surface area contributed by atoms with E-state index >= 15 is 0 Å². The Morgan fingerprint density at radius 2 is 1.65 bits per heavy atom. The number of anilines is 2. The number of nitro benzene ring substituents is 1. The van der Waals surface area contributed by atoms with Crippen LogP contribution in [-0.4, -0.2) is 23.8 Å². The number of hydrogen-bond donors (Lipinski definition) is 1. The number of aryl methyl sites for hydroxylation is 1. The number of ether oxygens (including phenoxy) is 1. The number of nitrogens with zero attached hydrogens (tertiary/aromatic N) is 2. The molecule has 1 aliphatic rings. The third-order valence-corrected chi connectivity index (χ3v) is 5.23. The van der Waals surface area contributed by atoms with Gasteiger partial charge >= 0.3 is 0 Å². The van der Waals surface area contributed by atoms with Gasteiger partial charge in [0.2, 0.25) is 0 Å². The Hall–Kier alpha value is -4.60. The first-order valence-corrected chi connectivity index (χ1v) is 9.96. The first-order chi connectivity index (χ1) is 16.2. The molecule has 0 aromatic heterocycles. The van der Waals surface area contributed by atoms with Gasteiger partial charge in [0.15, 0.2) is 11.6 Å². The van der Waals surface area contributed by atoms with Crippen LogP contribution in [0.4, 0.5) is 25.8 Å². The van der Waals surface area contributed by atoms with Crippen LogP contribution < -0.4 is 15.0 Å². The Kier molecular flexibility index (Phi) is 5.80. The van der Waals surface area contributed by atoms with E-state index < -0.39 is 28.4 Å². The van der Waals surface area contributed by atoms with Crippen molar-refractivity contribution in [3.05, 3.63) is 99.2 Å². The van der Waals surface area contributed by atoms with Gasteiger partial charge in [-0.3, -0.25) is 19.7 Å². The fourth-order valence-corrected chi connectivity index (χ4v) is 3.58. The van der Waals surface area contributed by atoms with Crippen molar-refractivity contribution in [3.8, 4) is 5.75 Å². The molecular weight excluding hydrogens is 448 g/mol. The summed E-state index contributed by atoms with van der Waals surface area (Å²) < 4.78 is 32.7. The molecule has 34 heavy (non-hydrogen) atoms. The average molecular weight is 465 g/mol. The van der Waals surface area contributed by atoms with Crippen molar-refractivity contribution in [2.45, 2.75) is 6.92 Å². The average Bonchev–Trinajstić information content (AvgIpc) is 3.05. The molecule has 0 fully saturated rings. The summed E-state index contributed by atoms with van der Waals surface area (Å²) in [5, 5.41) is 14.0. The second kappa shape index (κ2) is 8.74. The number of carbonyl (C=O) groups is 2. The molecule has 0 spiro atoms. The monoisotopic (exact) mass is 465 g/mol. The first-order valence-electron chi connectivity index (χ1n) is 9.96. The maximum atomic E-state index is 13.9. The molecule has 8 nitrogen and oxygen atoms in total. The highest BCUT2D eigenvalue weighted by Crippen LogP contribution is 2.36. The van der Waals surface area contributed by atoms with Crippen LogP contribution in [0.15, 0.2) is 66.4 Å². The summed E-state index contributed by atoms with van der Waals surface area (Å²) in [7, 11) is 1.44. The maximum absolute atomic E-state index is 13.9. The largest absolute Gasteiger partial charge is 0.495 e. The Bertz CT molecular complexity index is 1370. The summed E-state index contributed by atoms with van der Waals surface area (Å²) in [6.45, 7) is 1.82. The third-order valence-electron chi connectivity index (χ3n) is 5.23. The van der Waals surface area contributed by atoms with Gasteiger partial charge in [0.05, 0.1) is 29.0 Å². The smallest absolute Gasteiger partial charge is 0.282 e. The van der Waals surface area contributed by atoms with Crippen LogP contribution >= 0.6 is 0 Å². The van der Waals surface area contributed by atoms with Crippen molar-refractivity contribution in [2.75, 3.05) is 17.3 Å². The molecular formula is C24H17F2N3O5. The van der Waals surface area contributed by atoms with E-state index in [0.717, 1.165) is 23.8 Å². The summed E-state index contributed by atoms with van der Waals surface area (Å²) in [6, 6.07) is 12.9. The lowest BCUT2D eigenvalue weighted by Gasteiger charge is -2.16. The van der Waals surface area contributed by atoms with Gasteiger partial charge in [-0.2, -0.15) is 0 Å². The van der Waals surface area contributed by atoms with E-state index in [-0.39, 0.29) is 28.2 Å². The number of nitro groups is 1. The van der Waals surface area contributed by atoms with Crippen LogP contribution in [0.5, 0.6) is 5.75 Å². The summed E-state index contributed by atoms with van der Waals surface area (Å²) in [4.78, 5) is 37.9. The van der Waals surface area contributed by atoms with Gasteiger partial charge in [0.1, 0.15) is 11.4 Å². The summed E-state index contributed by atoms with van der Waals surface area (Å²) in [6.07, 6.45) is 0. The van der Waals surface area contributed by atoms with Crippen molar-refractivity contribution >= 4 is 34.4 Å². The number of amides is 2.